The fraction of sp³-hybridized carbons (Fsp3) is 0.452. The highest BCUT2D eigenvalue weighted by atomic mass is 19.1. The monoisotopic (exact) mass is 588 g/mol. The maximum absolute atomic E-state index is 15.2. The number of rotatable bonds is 6. The topological polar surface area (TPSA) is 111 Å². The minimum absolute atomic E-state index is 0.0237. The molecule has 0 radical (unpaired) electrons. The highest BCUT2D eigenvalue weighted by Crippen LogP contribution is 2.33. The summed E-state index contributed by atoms with van der Waals surface area (Å²) >= 11 is 0. The van der Waals surface area contributed by atoms with Crippen molar-refractivity contribution in [3.05, 3.63) is 60.3 Å². The van der Waals surface area contributed by atoms with Crippen LogP contribution in [0.25, 0.3) is 22.4 Å². The number of carbonyl (C=O) groups excluding carboxylic acids is 1. The molecule has 0 atom stereocenters. The Hall–Kier alpha value is -4.16. The van der Waals surface area contributed by atoms with Gasteiger partial charge in [0.2, 0.25) is 0 Å². The van der Waals surface area contributed by atoms with Gasteiger partial charge in [-0.2, -0.15) is 5.10 Å². The maximum atomic E-state index is 15.2. The van der Waals surface area contributed by atoms with Gasteiger partial charge in [0.15, 0.2) is 11.5 Å². The van der Waals surface area contributed by atoms with Crippen molar-refractivity contribution in [3.63, 3.8) is 0 Å². The SMILES string of the molecule is CC(C)(C)OC(=O)Nc1ccc(-c2nc(N3CCOCC3)c3cnn(C4CCN(Cc5cccnc5)CC4)c3n2)cc1F. The Bertz CT molecular complexity index is 1580. The van der Waals surface area contributed by atoms with Crippen molar-refractivity contribution in [1.82, 2.24) is 29.6 Å². The van der Waals surface area contributed by atoms with Crippen LogP contribution >= 0.6 is 0 Å². The average Bonchev–Trinajstić information content (AvgIpc) is 3.42. The number of morpholine rings is 1. The molecule has 1 N–H and O–H groups in total. The van der Waals surface area contributed by atoms with E-state index in [9.17, 15) is 4.79 Å². The predicted molar refractivity (Wildman–Crippen MR) is 161 cm³/mol. The molecule has 4 aromatic rings. The van der Waals surface area contributed by atoms with Crippen LogP contribution in [-0.4, -0.2) is 80.7 Å². The molecule has 11 nitrogen and oxygen atoms in total. The second-order valence-electron chi connectivity index (χ2n) is 12.0. The van der Waals surface area contributed by atoms with Crippen LogP contribution in [0.5, 0.6) is 0 Å². The summed E-state index contributed by atoms with van der Waals surface area (Å²) in [7, 11) is 0. The number of fused-ring (bicyclic) bond motifs is 1. The van der Waals surface area contributed by atoms with E-state index in [-0.39, 0.29) is 11.7 Å². The van der Waals surface area contributed by atoms with Gasteiger partial charge in [-0.05, 0) is 63.4 Å². The summed E-state index contributed by atoms with van der Waals surface area (Å²) in [5.74, 6) is 0.557. The molecule has 2 aliphatic heterocycles. The molecule has 1 amide bonds. The lowest BCUT2D eigenvalue weighted by molar-refractivity contribution is 0.0635. The molecule has 5 heterocycles. The van der Waals surface area contributed by atoms with Gasteiger partial charge in [-0.1, -0.05) is 6.07 Å². The molecule has 3 aromatic heterocycles. The number of nitrogens with zero attached hydrogens (tertiary/aromatic N) is 7. The second kappa shape index (κ2) is 12.2. The lowest BCUT2D eigenvalue weighted by Gasteiger charge is -2.32. The number of ether oxygens (including phenoxy) is 2. The highest BCUT2D eigenvalue weighted by Gasteiger charge is 2.27. The molecule has 12 heteroatoms. The zero-order valence-electron chi connectivity index (χ0n) is 24.8. The van der Waals surface area contributed by atoms with E-state index < -0.39 is 17.5 Å². The summed E-state index contributed by atoms with van der Waals surface area (Å²) < 4.78 is 28.1. The van der Waals surface area contributed by atoms with Crippen LogP contribution in [0.1, 0.15) is 45.2 Å². The molecule has 226 valence electrons. The molecule has 0 saturated carbocycles. The Kier molecular flexibility index (Phi) is 8.22. The number of piperidine rings is 1. The van der Waals surface area contributed by atoms with Gasteiger partial charge in [0.25, 0.3) is 0 Å². The smallest absolute Gasteiger partial charge is 0.412 e. The number of aromatic nitrogens is 5. The molecule has 0 bridgehead atoms. The fourth-order valence-electron chi connectivity index (χ4n) is 5.56. The molecule has 6 rings (SSSR count). The van der Waals surface area contributed by atoms with Crippen molar-refractivity contribution in [2.45, 2.75) is 51.8 Å². The van der Waals surface area contributed by atoms with Crippen LogP contribution in [-0.2, 0) is 16.0 Å². The number of nitrogens with one attached hydrogen (secondary N) is 1. The minimum atomic E-state index is -0.721. The van der Waals surface area contributed by atoms with Crippen LogP contribution < -0.4 is 10.2 Å². The van der Waals surface area contributed by atoms with Gasteiger partial charge in [-0.15, -0.1) is 0 Å². The van der Waals surface area contributed by atoms with Gasteiger partial charge in [0.05, 0.1) is 36.5 Å². The summed E-state index contributed by atoms with van der Waals surface area (Å²) in [5, 5.41) is 8.16. The number of hydrogen-bond acceptors (Lipinski definition) is 9. The van der Waals surface area contributed by atoms with Crippen LogP contribution in [0.2, 0.25) is 0 Å². The molecule has 2 saturated heterocycles. The summed E-state index contributed by atoms with van der Waals surface area (Å²) in [4.78, 5) is 30.9. The van der Waals surface area contributed by atoms with Crippen molar-refractivity contribution in [2.75, 3.05) is 49.6 Å². The van der Waals surface area contributed by atoms with Gasteiger partial charge in [-0.25, -0.2) is 23.8 Å². The Morgan fingerprint density at radius 3 is 2.58 bits per heavy atom. The van der Waals surface area contributed by atoms with Gasteiger partial charge >= 0.3 is 6.09 Å². The van der Waals surface area contributed by atoms with Gasteiger partial charge in [0.1, 0.15) is 17.2 Å². The Morgan fingerprint density at radius 1 is 1.09 bits per heavy atom. The lowest BCUT2D eigenvalue weighted by Crippen LogP contribution is -2.37. The van der Waals surface area contributed by atoms with E-state index in [0.717, 1.165) is 49.3 Å². The van der Waals surface area contributed by atoms with Crippen molar-refractivity contribution in [2.24, 2.45) is 0 Å². The fourth-order valence-corrected chi connectivity index (χ4v) is 5.56. The first-order chi connectivity index (χ1) is 20.7. The van der Waals surface area contributed by atoms with Gasteiger partial charge in [-0.3, -0.25) is 15.2 Å². The maximum Gasteiger partial charge on any atom is 0.412 e. The van der Waals surface area contributed by atoms with Gasteiger partial charge in [0, 0.05) is 50.7 Å². The van der Waals surface area contributed by atoms with Crippen LogP contribution in [0.15, 0.2) is 48.9 Å². The van der Waals surface area contributed by atoms with E-state index in [2.05, 4.69) is 26.2 Å². The summed E-state index contributed by atoms with van der Waals surface area (Å²) in [5.41, 5.74) is 1.77. The minimum Gasteiger partial charge on any atom is -0.444 e. The Labute approximate surface area is 250 Å². The van der Waals surface area contributed by atoms with E-state index in [0.29, 0.717) is 37.7 Å². The van der Waals surface area contributed by atoms with Gasteiger partial charge < -0.3 is 14.4 Å². The first-order valence-electron chi connectivity index (χ1n) is 14.7. The molecular weight excluding hydrogens is 551 g/mol. The van der Waals surface area contributed by atoms with E-state index in [1.54, 1.807) is 33.0 Å². The van der Waals surface area contributed by atoms with Crippen molar-refractivity contribution >= 4 is 28.6 Å². The highest BCUT2D eigenvalue weighted by molar-refractivity contribution is 5.89. The van der Waals surface area contributed by atoms with E-state index in [4.69, 9.17) is 24.5 Å². The van der Waals surface area contributed by atoms with Crippen molar-refractivity contribution in [3.8, 4) is 11.4 Å². The number of carbonyl (C=O) groups is 1. The third-order valence-electron chi connectivity index (χ3n) is 7.64. The van der Waals surface area contributed by atoms with Crippen molar-refractivity contribution < 1.29 is 18.7 Å². The summed E-state index contributed by atoms with van der Waals surface area (Å²) in [6.45, 7) is 10.6. The molecule has 0 unspecified atom stereocenters. The quantitative estimate of drug-likeness (QED) is 0.331. The van der Waals surface area contributed by atoms with Crippen LogP contribution in [0.4, 0.5) is 20.7 Å². The number of halogens is 1. The van der Waals surface area contributed by atoms with Crippen molar-refractivity contribution in [1.29, 1.82) is 0 Å². The van der Waals surface area contributed by atoms with Crippen LogP contribution in [0, 0.1) is 5.82 Å². The summed E-state index contributed by atoms with van der Waals surface area (Å²) in [6, 6.07) is 8.81. The van der Waals surface area contributed by atoms with E-state index in [1.165, 1.54) is 17.7 Å². The number of pyridine rings is 1. The Morgan fingerprint density at radius 2 is 1.88 bits per heavy atom. The molecular formula is C31H37FN8O3. The zero-order chi connectivity index (χ0) is 30.0. The molecule has 2 fully saturated rings. The largest absolute Gasteiger partial charge is 0.444 e. The number of benzene rings is 1. The Balaban J connectivity index is 1.28. The first-order valence-corrected chi connectivity index (χ1v) is 14.7. The van der Waals surface area contributed by atoms with E-state index >= 15 is 4.39 Å². The zero-order valence-corrected chi connectivity index (χ0v) is 24.8. The predicted octanol–water partition coefficient (Wildman–Crippen LogP) is 5.05. The average molecular weight is 589 g/mol. The molecule has 43 heavy (non-hydrogen) atoms. The van der Waals surface area contributed by atoms with Crippen LogP contribution in [0.3, 0.4) is 0 Å². The normalized spacial score (nSPS) is 16.9. The molecule has 2 aliphatic rings. The first kappa shape index (κ1) is 28.9. The third kappa shape index (κ3) is 6.75. The van der Waals surface area contributed by atoms with E-state index in [1.807, 2.05) is 23.1 Å². The molecule has 1 aromatic carbocycles. The molecule has 0 spiro atoms. The lowest BCUT2D eigenvalue weighted by atomic mass is 10.0. The third-order valence-corrected chi connectivity index (χ3v) is 7.64. The second-order valence-corrected chi connectivity index (χ2v) is 12.0. The number of likely N-dealkylation sites (tertiary alicyclic amines) is 1. The standard InChI is InChI=1S/C31H37FN8O3/c1-31(2,3)43-30(41)35-26-7-6-22(17-25(26)32)27-36-28(39-13-15-42-16-14-39)24-19-34-40(29(24)37-27)23-8-11-38(12-9-23)20-21-5-4-10-33-18-21/h4-7,10,17-19,23H,8-9,11-16,20H2,1-3H3,(H,35,41). The number of anilines is 2. The number of amides is 1. The molecule has 0 aliphatic carbocycles. The number of hydrogen-bond donors (Lipinski definition) is 1. The summed E-state index contributed by atoms with van der Waals surface area (Å²) in [6.07, 6.45) is 6.71.